The van der Waals surface area contributed by atoms with Gasteiger partial charge in [0, 0.05) is 6.07 Å². The van der Waals surface area contributed by atoms with E-state index in [9.17, 15) is 0 Å². The molecule has 0 atom stereocenters. The first-order valence-corrected chi connectivity index (χ1v) is 6.40. The summed E-state index contributed by atoms with van der Waals surface area (Å²) in [5.74, 6) is 2.31. The maximum Gasteiger partial charge on any atom is 0.215 e. The number of hydrogen-bond donors (Lipinski definition) is 1. The third-order valence-electron chi connectivity index (χ3n) is 2.44. The van der Waals surface area contributed by atoms with Gasteiger partial charge in [-0.05, 0) is 25.1 Å². The molecule has 1 N–H and O–H groups in total. The highest BCUT2D eigenvalue weighted by atomic mass is 16.5. The number of aromatic nitrogens is 1. The second-order valence-corrected chi connectivity index (χ2v) is 3.88. The Hall–Kier alpha value is -2.23. The predicted octanol–water partition coefficient (Wildman–Crippen LogP) is 2.97. The number of nitrogens with one attached hydrogen (secondary N) is 1. The monoisotopic (exact) mass is 258 g/mol. The van der Waals surface area contributed by atoms with Gasteiger partial charge in [-0.25, -0.2) is 0 Å². The SMILES string of the molecule is CCOc1cccc(NCCOc2ccccc2)n1. The van der Waals surface area contributed by atoms with Crippen molar-refractivity contribution >= 4 is 5.82 Å². The number of rotatable bonds is 7. The Labute approximate surface area is 113 Å². The van der Waals surface area contributed by atoms with Crippen molar-refractivity contribution in [1.29, 1.82) is 0 Å². The molecule has 0 bridgehead atoms. The Morgan fingerprint density at radius 2 is 1.84 bits per heavy atom. The summed E-state index contributed by atoms with van der Waals surface area (Å²) in [5, 5.41) is 3.20. The first-order chi connectivity index (χ1) is 9.38. The lowest BCUT2D eigenvalue weighted by atomic mass is 10.3. The van der Waals surface area contributed by atoms with Gasteiger partial charge >= 0.3 is 0 Å². The molecule has 0 saturated carbocycles. The summed E-state index contributed by atoms with van der Waals surface area (Å²) in [6.45, 7) is 3.84. The van der Waals surface area contributed by atoms with Crippen LogP contribution in [0.15, 0.2) is 48.5 Å². The van der Waals surface area contributed by atoms with E-state index in [0.29, 0.717) is 25.6 Å². The lowest BCUT2D eigenvalue weighted by Crippen LogP contribution is -2.12. The number of benzene rings is 1. The summed E-state index contributed by atoms with van der Waals surface area (Å²) in [6, 6.07) is 15.4. The summed E-state index contributed by atoms with van der Waals surface area (Å²) in [7, 11) is 0. The van der Waals surface area contributed by atoms with E-state index >= 15 is 0 Å². The number of ether oxygens (including phenoxy) is 2. The van der Waals surface area contributed by atoms with Crippen molar-refractivity contribution in [3.05, 3.63) is 48.5 Å². The molecule has 0 unspecified atom stereocenters. The Balaban J connectivity index is 1.75. The number of pyridine rings is 1. The summed E-state index contributed by atoms with van der Waals surface area (Å²) < 4.78 is 10.9. The molecule has 2 rings (SSSR count). The average molecular weight is 258 g/mol. The quantitative estimate of drug-likeness (QED) is 0.775. The lowest BCUT2D eigenvalue weighted by molar-refractivity contribution is 0.326. The lowest BCUT2D eigenvalue weighted by Gasteiger charge is -2.09. The number of anilines is 1. The fraction of sp³-hybridized carbons (Fsp3) is 0.267. The highest BCUT2D eigenvalue weighted by Gasteiger charge is 1.97. The minimum Gasteiger partial charge on any atom is -0.492 e. The third kappa shape index (κ3) is 4.50. The zero-order valence-corrected chi connectivity index (χ0v) is 11.0. The molecular weight excluding hydrogens is 240 g/mol. The number of para-hydroxylation sites is 1. The molecule has 100 valence electrons. The van der Waals surface area contributed by atoms with Gasteiger partial charge in [-0.2, -0.15) is 4.98 Å². The standard InChI is InChI=1S/C15H18N2O2/c1-2-18-15-10-6-9-14(17-15)16-11-12-19-13-7-4-3-5-8-13/h3-10H,2,11-12H2,1H3,(H,16,17). The van der Waals surface area contributed by atoms with Crippen molar-refractivity contribution in [1.82, 2.24) is 4.98 Å². The summed E-state index contributed by atoms with van der Waals surface area (Å²) in [6.07, 6.45) is 0. The van der Waals surface area contributed by atoms with E-state index in [4.69, 9.17) is 9.47 Å². The Bertz CT molecular complexity index is 489. The maximum absolute atomic E-state index is 5.58. The van der Waals surface area contributed by atoms with Gasteiger partial charge < -0.3 is 14.8 Å². The molecule has 1 aromatic carbocycles. The molecule has 0 radical (unpaired) electrons. The van der Waals surface area contributed by atoms with Gasteiger partial charge in [0.2, 0.25) is 5.88 Å². The van der Waals surface area contributed by atoms with E-state index in [2.05, 4.69) is 10.3 Å². The Morgan fingerprint density at radius 1 is 1.00 bits per heavy atom. The van der Waals surface area contributed by atoms with E-state index in [-0.39, 0.29) is 0 Å². The molecule has 2 aromatic rings. The smallest absolute Gasteiger partial charge is 0.215 e. The summed E-state index contributed by atoms with van der Waals surface area (Å²) in [4.78, 5) is 4.32. The molecule has 0 aliphatic rings. The van der Waals surface area contributed by atoms with Crippen LogP contribution in [0.3, 0.4) is 0 Å². The summed E-state index contributed by atoms with van der Waals surface area (Å²) in [5.41, 5.74) is 0. The molecule has 0 aliphatic heterocycles. The molecule has 19 heavy (non-hydrogen) atoms. The number of nitrogens with zero attached hydrogens (tertiary/aromatic N) is 1. The van der Waals surface area contributed by atoms with Crippen molar-refractivity contribution in [3.63, 3.8) is 0 Å². The van der Waals surface area contributed by atoms with E-state index in [1.807, 2.05) is 55.5 Å². The fourth-order valence-electron chi connectivity index (χ4n) is 1.61. The van der Waals surface area contributed by atoms with Gasteiger partial charge in [0.1, 0.15) is 18.2 Å². The van der Waals surface area contributed by atoms with Crippen molar-refractivity contribution < 1.29 is 9.47 Å². The van der Waals surface area contributed by atoms with Crippen LogP contribution in [0.1, 0.15) is 6.92 Å². The molecule has 4 heteroatoms. The van der Waals surface area contributed by atoms with Crippen LogP contribution >= 0.6 is 0 Å². The van der Waals surface area contributed by atoms with Crippen molar-refractivity contribution in [2.45, 2.75) is 6.92 Å². The minimum absolute atomic E-state index is 0.588. The van der Waals surface area contributed by atoms with Gasteiger partial charge in [0.15, 0.2) is 0 Å². The topological polar surface area (TPSA) is 43.4 Å². The van der Waals surface area contributed by atoms with E-state index in [1.54, 1.807) is 0 Å². The van der Waals surface area contributed by atoms with E-state index in [0.717, 1.165) is 11.6 Å². The van der Waals surface area contributed by atoms with E-state index < -0.39 is 0 Å². The Kier molecular flexibility index (Phi) is 5.05. The van der Waals surface area contributed by atoms with Crippen LogP contribution in [0.2, 0.25) is 0 Å². The van der Waals surface area contributed by atoms with Crippen LogP contribution in [0, 0.1) is 0 Å². The zero-order chi connectivity index (χ0) is 13.3. The second-order valence-electron chi connectivity index (χ2n) is 3.88. The highest BCUT2D eigenvalue weighted by Crippen LogP contribution is 2.11. The highest BCUT2D eigenvalue weighted by molar-refractivity contribution is 5.37. The molecule has 0 spiro atoms. The fourth-order valence-corrected chi connectivity index (χ4v) is 1.61. The average Bonchev–Trinajstić information content (AvgIpc) is 2.46. The normalized spacial score (nSPS) is 9.95. The van der Waals surface area contributed by atoms with Crippen LogP contribution < -0.4 is 14.8 Å². The minimum atomic E-state index is 0.588. The Morgan fingerprint density at radius 3 is 2.63 bits per heavy atom. The molecule has 0 saturated heterocycles. The van der Waals surface area contributed by atoms with Crippen molar-refractivity contribution in [2.75, 3.05) is 25.1 Å². The maximum atomic E-state index is 5.58. The third-order valence-corrected chi connectivity index (χ3v) is 2.44. The van der Waals surface area contributed by atoms with Crippen LogP contribution in [-0.4, -0.2) is 24.7 Å². The van der Waals surface area contributed by atoms with Crippen LogP contribution in [0.25, 0.3) is 0 Å². The molecule has 1 aromatic heterocycles. The van der Waals surface area contributed by atoms with Crippen LogP contribution in [-0.2, 0) is 0 Å². The molecule has 0 fully saturated rings. The van der Waals surface area contributed by atoms with Gasteiger partial charge in [-0.3, -0.25) is 0 Å². The summed E-state index contributed by atoms with van der Waals surface area (Å²) >= 11 is 0. The largest absolute Gasteiger partial charge is 0.492 e. The van der Waals surface area contributed by atoms with Crippen LogP contribution in [0.4, 0.5) is 5.82 Å². The van der Waals surface area contributed by atoms with Crippen LogP contribution in [0.5, 0.6) is 11.6 Å². The second kappa shape index (κ2) is 7.26. The van der Waals surface area contributed by atoms with Crippen molar-refractivity contribution in [3.8, 4) is 11.6 Å². The van der Waals surface area contributed by atoms with Gasteiger partial charge in [-0.15, -0.1) is 0 Å². The molecular formula is C15H18N2O2. The van der Waals surface area contributed by atoms with E-state index in [1.165, 1.54) is 0 Å². The molecule has 4 nitrogen and oxygen atoms in total. The first kappa shape index (κ1) is 13.2. The predicted molar refractivity (Wildman–Crippen MR) is 75.8 cm³/mol. The molecule has 1 heterocycles. The zero-order valence-electron chi connectivity index (χ0n) is 11.0. The van der Waals surface area contributed by atoms with Crippen molar-refractivity contribution in [2.24, 2.45) is 0 Å². The molecule has 0 aliphatic carbocycles. The number of hydrogen-bond acceptors (Lipinski definition) is 4. The van der Waals surface area contributed by atoms with Gasteiger partial charge in [0.25, 0.3) is 0 Å². The molecule has 0 amide bonds. The van der Waals surface area contributed by atoms with Gasteiger partial charge in [-0.1, -0.05) is 24.3 Å². The first-order valence-electron chi connectivity index (χ1n) is 6.40. The van der Waals surface area contributed by atoms with Gasteiger partial charge in [0.05, 0.1) is 13.2 Å².